The second-order valence-corrected chi connectivity index (χ2v) is 7.79. The summed E-state index contributed by atoms with van der Waals surface area (Å²) in [5.41, 5.74) is -0.402. The largest absolute Gasteiger partial charge is 0.480 e. The average molecular weight is 296 g/mol. The predicted molar refractivity (Wildman–Crippen MR) is 80.9 cm³/mol. The van der Waals surface area contributed by atoms with Gasteiger partial charge in [-0.2, -0.15) is 0 Å². The summed E-state index contributed by atoms with van der Waals surface area (Å²) < 4.78 is 0. The number of carboxylic acids is 1. The highest BCUT2D eigenvalue weighted by molar-refractivity contribution is 5.81. The van der Waals surface area contributed by atoms with Crippen molar-refractivity contribution in [1.29, 1.82) is 0 Å². The Kier molecular flexibility index (Phi) is 4.91. The lowest BCUT2D eigenvalue weighted by Gasteiger charge is -2.38. The van der Waals surface area contributed by atoms with Crippen LogP contribution in [0, 0.1) is 17.3 Å². The van der Waals surface area contributed by atoms with Crippen molar-refractivity contribution in [3.63, 3.8) is 0 Å². The molecule has 1 aliphatic carbocycles. The predicted octanol–water partition coefficient (Wildman–Crippen LogP) is 1.72. The van der Waals surface area contributed by atoms with Crippen LogP contribution in [0.25, 0.3) is 0 Å². The molecule has 2 rings (SSSR count). The zero-order chi connectivity index (χ0) is 15.6. The van der Waals surface area contributed by atoms with Gasteiger partial charge in [0.2, 0.25) is 5.91 Å². The smallest absolute Gasteiger partial charge is 0.317 e. The third-order valence-electron chi connectivity index (χ3n) is 4.35. The van der Waals surface area contributed by atoms with Gasteiger partial charge in [0.05, 0.1) is 6.54 Å². The molecule has 0 spiro atoms. The van der Waals surface area contributed by atoms with Crippen molar-refractivity contribution < 1.29 is 14.7 Å². The molecule has 0 aromatic rings. The van der Waals surface area contributed by atoms with E-state index in [1.54, 1.807) is 0 Å². The van der Waals surface area contributed by atoms with Gasteiger partial charge in [-0.25, -0.2) is 0 Å². The Morgan fingerprint density at radius 1 is 1.19 bits per heavy atom. The molecule has 2 N–H and O–H groups in total. The highest BCUT2D eigenvalue weighted by Crippen LogP contribution is 2.37. The van der Waals surface area contributed by atoms with Crippen LogP contribution in [0.5, 0.6) is 0 Å². The number of amides is 1. The molecular formula is C16H28N2O3. The Morgan fingerprint density at radius 2 is 1.86 bits per heavy atom. The Morgan fingerprint density at radius 3 is 2.38 bits per heavy atom. The molecule has 2 fully saturated rings. The van der Waals surface area contributed by atoms with E-state index in [2.05, 4.69) is 5.32 Å². The van der Waals surface area contributed by atoms with Gasteiger partial charge in [-0.3, -0.25) is 14.5 Å². The van der Waals surface area contributed by atoms with E-state index >= 15 is 0 Å². The van der Waals surface area contributed by atoms with Crippen molar-refractivity contribution in [2.24, 2.45) is 17.3 Å². The fourth-order valence-corrected chi connectivity index (χ4v) is 3.13. The van der Waals surface area contributed by atoms with Crippen molar-refractivity contribution in [3.8, 4) is 0 Å². The second kappa shape index (κ2) is 6.34. The Labute approximate surface area is 127 Å². The lowest BCUT2D eigenvalue weighted by atomic mass is 9.88. The standard InChI is InChI=1S/C16H28N2O3/c1-16(2,3)15(21)17-13-7-12(6-11-4-5-11)8-18(9-13)10-14(19)20/h11-13H,4-10H2,1-3H3,(H,17,21)(H,19,20). The van der Waals surface area contributed by atoms with Gasteiger partial charge < -0.3 is 10.4 Å². The molecule has 0 bridgehead atoms. The summed E-state index contributed by atoms with van der Waals surface area (Å²) in [6.07, 6.45) is 4.79. The summed E-state index contributed by atoms with van der Waals surface area (Å²) in [7, 11) is 0. The van der Waals surface area contributed by atoms with Crippen molar-refractivity contribution in [2.75, 3.05) is 19.6 Å². The van der Waals surface area contributed by atoms with Gasteiger partial charge in [-0.05, 0) is 24.7 Å². The number of piperidine rings is 1. The van der Waals surface area contributed by atoms with Crippen LogP contribution < -0.4 is 5.32 Å². The zero-order valence-electron chi connectivity index (χ0n) is 13.4. The molecule has 1 saturated carbocycles. The molecule has 2 aliphatic rings. The summed E-state index contributed by atoms with van der Waals surface area (Å²) in [4.78, 5) is 25.1. The first-order valence-corrected chi connectivity index (χ1v) is 7.99. The number of carbonyl (C=O) groups excluding carboxylic acids is 1. The molecule has 5 heteroatoms. The summed E-state index contributed by atoms with van der Waals surface area (Å²) in [5, 5.41) is 12.1. The number of rotatable bonds is 5. The molecule has 1 heterocycles. The van der Waals surface area contributed by atoms with Crippen LogP contribution in [0.3, 0.4) is 0 Å². The average Bonchev–Trinajstić information content (AvgIpc) is 3.10. The molecule has 1 amide bonds. The minimum Gasteiger partial charge on any atom is -0.480 e. The van der Waals surface area contributed by atoms with E-state index in [1.807, 2.05) is 25.7 Å². The quantitative estimate of drug-likeness (QED) is 0.810. The van der Waals surface area contributed by atoms with E-state index in [0.29, 0.717) is 12.5 Å². The van der Waals surface area contributed by atoms with Crippen LogP contribution in [-0.2, 0) is 9.59 Å². The van der Waals surface area contributed by atoms with E-state index in [9.17, 15) is 9.59 Å². The Hall–Kier alpha value is -1.10. The van der Waals surface area contributed by atoms with Gasteiger partial charge in [0.1, 0.15) is 0 Å². The van der Waals surface area contributed by atoms with E-state index < -0.39 is 11.4 Å². The van der Waals surface area contributed by atoms with E-state index in [1.165, 1.54) is 19.3 Å². The van der Waals surface area contributed by atoms with Gasteiger partial charge in [-0.15, -0.1) is 0 Å². The highest BCUT2D eigenvalue weighted by Gasteiger charge is 2.34. The van der Waals surface area contributed by atoms with Crippen LogP contribution in [0.1, 0.15) is 46.5 Å². The second-order valence-electron chi connectivity index (χ2n) is 7.79. The fraction of sp³-hybridized carbons (Fsp3) is 0.875. The van der Waals surface area contributed by atoms with Crippen molar-refractivity contribution in [1.82, 2.24) is 10.2 Å². The third-order valence-corrected chi connectivity index (χ3v) is 4.35. The molecule has 120 valence electrons. The number of hydrogen-bond acceptors (Lipinski definition) is 3. The number of nitrogens with one attached hydrogen (secondary N) is 1. The van der Waals surface area contributed by atoms with Crippen molar-refractivity contribution >= 4 is 11.9 Å². The van der Waals surface area contributed by atoms with Gasteiger partial charge in [0.25, 0.3) is 0 Å². The lowest BCUT2D eigenvalue weighted by molar-refractivity contribution is -0.139. The molecule has 2 atom stereocenters. The minimum absolute atomic E-state index is 0.0508. The van der Waals surface area contributed by atoms with Gasteiger partial charge in [0, 0.05) is 24.5 Å². The molecular weight excluding hydrogens is 268 g/mol. The maximum atomic E-state index is 12.2. The monoisotopic (exact) mass is 296 g/mol. The van der Waals surface area contributed by atoms with Crippen LogP contribution in [0.2, 0.25) is 0 Å². The summed E-state index contributed by atoms with van der Waals surface area (Å²) in [6, 6.07) is 0.0774. The maximum Gasteiger partial charge on any atom is 0.317 e. The molecule has 1 aliphatic heterocycles. The summed E-state index contributed by atoms with van der Waals surface area (Å²) in [5.74, 6) is 0.604. The first-order chi connectivity index (χ1) is 9.74. The number of nitrogens with zero attached hydrogens (tertiary/aromatic N) is 1. The number of hydrogen-bond donors (Lipinski definition) is 2. The summed E-state index contributed by atoms with van der Waals surface area (Å²) >= 11 is 0. The highest BCUT2D eigenvalue weighted by atomic mass is 16.4. The number of carbonyl (C=O) groups is 2. The van der Waals surface area contributed by atoms with E-state index in [4.69, 9.17) is 5.11 Å². The first kappa shape index (κ1) is 16.3. The molecule has 2 unspecified atom stereocenters. The van der Waals surface area contributed by atoms with Gasteiger partial charge in [0.15, 0.2) is 0 Å². The lowest BCUT2D eigenvalue weighted by Crippen LogP contribution is -2.53. The third kappa shape index (κ3) is 5.30. The van der Waals surface area contributed by atoms with Crippen molar-refractivity contribution in [3.05, 3.63) is 0 Å². The first-order valence-electron chi connectivity index (χ1n) is 7.99. The topological polar surface area (TPSA) is 69.6 Å². The fourth-order valence-electron chi connectivity index (χ4n) is 3.13. The SMILES string of the molecule is CC(C)(C)C(=O)NC1CC(CC2CC2)CN(CC(=O)O)C1. The normalized spacial score (nSPS) is 27.4. The number of likely N-dealkylation sites (tertiary alicyclic amines) is 1. The van der Waals surface area contributed by atoms with Gasteiger partial charge in [-0.1, -0.05) is 33.6 Å². The van der Waals surface area contributed by atoms with Crippen LogP contribution in [0.15, 0.2) is 0 Å². The molecule has 0 aromatic heterocycles. The number of aliphatic carboxylic acids is 1. The minimum atomic E-state index is -0.789. The van der Waals surface area contributed by atoms with E-state index in [0.717, 1.165) is 18.9 Å². The van der Waals surface area contributed by atoms with Crippen LogP contribution >= 0.6 is 0 Å². The Balaban J connectivity index is 1.94. The molecule has 21 heavy (non-hydrogen) atoms. The molecule has 0 radical (unpaired) electrons. The van der Waals surface area contributed by atoms with Crippen LogP contribution in [-0.4, -0.2) is 47.6 Å². The number of carboxylic acid groups (broad SMARTS) is 1. The Bertz CT molecular complexity index is 399. The molecule has 5 nitrogen and oxygen atoms in total. The van der Waals surface area contributed by atoms with Crippen LogP contribution in [0.4, 0.5) is 0 Å². The van der Waals surface area contributed by atoms with E-state index in [-0.39, 0.29) is 18.5 Å². The molecule has 1 saturated heterocycles. The molecule has 0 aromatic carbocycles. The zero-order valence-corrected chi connectivity index (χ0v) is 13.4. The maximum absolute atomic E-state index is 12.2. The van der Waals surface area contributed by atoms with Gasteiger partial charge >= 0.3 is 5.97 Å². The summed E-state index contributed by atoms with van der Waals surface area (Å²) in [6.45, 7) is 7.29. The van der Waals surface area contributed by atoms with Crippen molar-refractivity contribution in [2.45, 2.75) is 52.5 Å².